The van der Waals surface area contributed by atoms with Gasteiger partial charge in [-0.2, -0.15) is 61.0 Å². The Morgan fingerprint density at radius 3 is 1.47 bits per heavy atom. The summed E-state index contributed by atoms with van der Waals surface area (Å²) in [5.74, 6) is 0. The summed E-state index contributed by atoms with van der Waals surface area (Å²) in [7, 11) is 0. The Morgan fingerprint density at radius 1 is 0.800 bits per heavy atom. The monoisotopic (exact) mass is 312 g/mol. The van der Waals surface area contributed by atoms with Crippen LogP contribution in [0.15, 0.2) is 60.7 Å². The predicted octanol–water partition coefficient (Wildman–Crippen LogP) is 3.93. The Kier molecular flexibility index (Phi) is 12.9. The average Bonchev–Trinajstić information content (AvgIpc) is 2.22. The third-order valence-corrected chi connectivity index (χ3v) is 1.45. The van der Waals surface area contributed by atoms with E-state index in [0.717, 1.165) is 5.56 Å². The van der Waals surface area contributed by atoms with E-state index >= 15 is 0 Å². The Labute approximate surface area is 115 Å². The van der Waals surface area contributed by atoms with Crippen LogP contribution in [0, 0.1) is 13.0 Å². The minimum absolute atomic E-state index is 0. The van der Waals surface area contributed by atoms with Crippen LogP contribution in [0.5, 0.6) is 0 Å². The van der Waals surface area contributed by atoms with Crippen LogP contribution in [-0.4, -0.2) is 0 Å². The van der Waals surface area contributed by atoms with E-state index in [1.54, 1.807) is 0 Å². The summed E-state index contributed by atoms with van der Waals surface area (Å²) < 4.78 is 0. The standard InChI is InChI=1S/C7H7.C6H5.BrH.Zn/c1-7-5-3-2-4-6-7;1-2-4-6-5-3-1;;/h2-6H,1H2;1-5H;1H;/q2*-1;;+2. The molecular weight excluding hydrogens is 301 g/mol. The quantitative estimate of drug-likeness (QED) is 0.510. The van der Waals surface area contributed by atoms with Crippen LogP contribution in [0.2, 0.25) is 0 Å². The second-order valence-electron chi connectivity index (χ2n) is 2.56. The van der Waals surface area contributed by atoms with E-state index in [9.17, 15) is 0 Å². The van der Waals surface area contributed by atoms with Gasteiger partial charge in [-0.15, -0.1) is 29.1 Å². The molecule has 0 N–H and O–H groups in total. The van der Waals surface area contributed by atoms with Gasteiger partial charge in [0.25, 0.3) is 0 Å². The summed E-state index contributed by atoms with van der Waals surface area (Å²) in [6.07, 6.45) is 0. The van der Waals surface area contributed by atoms with Crippen LogP contribution < -0.4 is 0 Å². The van der Waals surface area contributed by atoms with E-state index in [1.165, 1.54) is 0 Å². The molecule has 15 heavy (non-hydrogen) atoms. The fraction of sp³-hybridized carbons (Fsp3) is 0. The Bertz CT molecular complexity index is 281. The SMILES string of the molecule is Br.[CH2-]c1ccccc1.[Zn+2].[c-]1ccccc1. The van der Waals surface area contributed by atoms with E-state index < -0.39 is 0 Å². The van der Waals surface area contributed by atoms with Gasteiger partial charge in [0.2, 0.25) is 0 Å². The molecule has 0 aliphatic carbocycles. The van der Waals surface area contributed by atoms with E-state index in [0.29, 0.717) is 0 Å². The fourth-order valence-corrected chi connectivity index (χ4v) is 0.820. The molecule has 2 rings (SSSR count). The van der Waals surface area contributed by atoms with Crippen molar-refractivity contribution in [2.24, 2.45) is 0 Å². The first-order valence-electron chi connectivity index (χ1n) is 4.17. The smallest absolute Gasteiger partial charge is 0.199 e. The molecule has 0 aliphatic heterocycles. The first-order valence-corrected chi connectivity index (χ1v) is 4.17. The van der Waals surface area contributed by atoms with Crippen molar-refractivity contribution in [1.29, 1.82) is 0 Å². The van der Waals surface area contributed by atoms with Gasteiger partial charge in [0.1, 0.15) is 0 Å². The normalized spacial score (nSPS) is 7.20. The molecule has 0 saturated heterocycles. The van der Waals surface area contributed by atoms with Gasteiger partial charge < -0.3 is 0 Å². The molecule has 0 radical (unpaired) electrons. The number of hydrogen-bond acceptors (Lipinski definition) is 0. The van der Waals surface area contributed by atoms with Crippen LogP contribution in [0.1, 0.15) is 5.56 Å². The minimum atomic E-state index is 0. The van der Waals surface area contributed by atoms with Gasteiger partial charge in [-0.25, -0.2) is 0 Å². The van der Waals surface area contributed by atoms with Crippen molar-refractivity contribution < 1.29 is 19.5 Å². The van der Waals surface area contributed by atoms with E-state index in [4.69, 9.17) is 0 Å². The maximum Gasteiger partial charge on any atom is 2.00 e. The Morgan fingerprint density at radius 2 is 1.27 bits per heavy atom. The third kappa shape index (κ3) is 9.71. The van der Waals surface area contributed by atoms with Gasteiger partial charge in [-0.1, -0.05) is 6.07 Å². The van der Waals surface area contributed by atoms with Crippen molar-refractivity contribution in [3.05, 3.63) is 79.2 Å². The van der Waals surface area contributed by atoms with Gasteiger partial charge >= 0.3 is 19.5 Å². The van der Waals surface area contributed by atoms with Gasteiger partial charge in [0, 0.05) is 0 Å². The first-order chi connectivity index (χ1) is 6.39. The molecule has 0 saturated carbocycles. The molecule has 2 aromatic carbocycles. The van der Waals surface area contributed by atoms with Crippen LogP contribution in [0.3, 0.4) is 0 Å². The molecule has 0 aromatic heterocycles. The Hall–Kier alpha value is -0.587. The minimum Gasteiger partial charge on any atom is -0.199 e. The van der Waals surface area contributed by atoms with Crippen molar-refractivity contribution in [1.82, 2.24) is 0 Å². The third-order valence-electron chi connectivity index (χ3n) is 1.45. The molecule has 0 fully saturated rings. The largest absolute Gasteiger partial charge is 2.00 e. The number of halogens is 1. The van der Waals surface area contributed by atoms with Crippen LogP contribution >= 0.6 is 17.0 Å². The molecule has 0 aliphatic rings. The van der Waals surface area contributed by atoms with Crippen molar-refractivity contribution in [2.75, 3.05) is 0 Å². The van der Waals surface area contributed by atoms with Crippen LogP contribution in [0.25, 0.3) is 0 Å². The molecule has 0 spiro atoms. The van der Waals surface area contributed by atoms with Crippen molar-refractivity contribution in [3.8, 4) is 0 Å². The predicted molar refractivity (Wildman–Crippen MR) is 66.5 cm³/mol. The maximum atomic E-state index is 3.72. The van der Waals surface area contributed by atoms with E-state index in [-0.39, 0.29) is 36.5 Å². The summed E-state index contributed by atoms with van der Waals surface area (Å²) in [5.41, 5.74) is 1.07. The van der Waals surface area contributed by atoms with Crippen molar-refractivity contribution in [3.63, 3.8) is 0 Å². The molecule has 74 valence electrons. The molecule has 2 aromatic rings. The maximum absolute atomic E-state index is 3.72. The number of rotatable bonds is 0. The van der Waals surface area contributed by atoms with Gasteiger partial charge in [0.05, 0.1) is 0 Å². The number of benzene rings is 2. The second kappa shape index (κ2) is 11.5. The zero-order valence-electron chi connectivity index (χ0n) is 8.60. The molecule has 0 atom stereocenters. The topological polar surface area (TPSA) is 0 Å². The molecule has 0 nitrogen and oxygen atoms in total. The number of hydrogen-bond donors (Lipinski definition) is 0. The van der Waals surface area contributed by atoms with Crippen LogP contribution in [-0.2, 0) is 19.5 Å². The Balaban J connectivity index is 0. The zero-order chi connectivity index (χ0) is 9.36. The fourth-order valence-electron chi connectivity index (χ4n) is 0.820. The summed E-state index contributed by atoms with van der Waals surface area (Å²) in [4.78, 5) is 0. The van der Waals surface area contributed by atoms with E-state index in [1.807, 2.05) is 60.7 Å². The summed E-state index contributed by atoms with van der Waals surface area (Å²) in [5, 5.41) is 0. The van der Waals surface area contributed by atoms with Crippen LogP contribution in [0.4, 0.5) is 0 Å². The van der Waals surface area contributed by atoms with Crippen molar-refractivity contribution in [2.45, 2.75) is 0 Å². The second-order valence-corrected chi connectivity index (χ2v) is 2.56. The molecule has 0 amide bonds. The zero-order valence-corrected chi connectivity index (χ0v) is 13.3. The average molecular weight is 315 g/mol. The van der Waals surface area contributed by atoms with Gasteiger partial charge in [-0.3, -0.25) is 0 Å². The summed E-state index contributed by atoms with van der Waals surface area (Å²) in [6, 6.07) is 22.4. The molecule has 2 heteroatoms. The molecule has 0 heterocycles. The summed E-state index contributed by atoms with van der Waals surface area (Å²) in [6.45, 7) is 3.72. The molecular formula is C13H13BrZn. The summed E-state index contributed by atoms with van der Waals surface area (Å²) >= 11 is 0. The molecule has 0 unspecified atom stereocenters. The van der Waals surface area contributed by atoms with E-state index in [2.05, 4.69) is 13.0 Å². The first kappa shape index (κ1) is 16.8. The van der Waals surface area contributed by atoms with Gasteiger partial charge in [-0.05, 0) is 0 Å². The van der Waals surface area contributed by atoms with Gasteiger partial charge in [0.15, 0.2) is 0 Å². The molecule has 0 bridgehead atoms. The van der Waals surface area contributed by atoms with Crippen molar-refractivity contribution >= 4 is 17.0 Å².